The van der Waals surface area contributed by atoms with Crippen molar-refractivity contribution in [1.82, 2.24) is 14.5 Å². The average Bonchev–Trinajstić information content (AvgIpc) is 2.74. The van der Waals surface area contributed by atoms with Crippen LogP contribution in [0, 0.1) is 5.92 Å². The third-order valence-electron chi connectivity index (χ3n) is 5.51. The van der Waals surface area contributed by atoms with Gasteiger partial charge in [0.15, 0.2) is 0 Å². The molecule has 160 valence electrons. The van der Waals surface area contributed by atoms with Crippen LogP contribution in [0.25, 0.3) is 0 Å². The largest absolute Gasteiger partial charge is 0.347 e. The van der Waals surface area contributed by atoms with Crippen LogP contribution in [0.2, 0.25) is 10.0 Å². The molecule has 1 saturated carbocycles. The number of halogens is 2. The zero-order valence-corrected chi connectivity index (χ0v) is 18.4. The van der Waals surface area contributed by atoms with Gasteiger partial charge < -0.3 is 10.2 Å². The van der Waals surface area contributed by atoms with Gasteiger partial charge in [-0.3, -0.25) is 9.59 Å². The Kier molecular flexibility index (Phi) is 7.42. The Morgan fingerprint density at radius 2 is 1.66 bits per heavy atom. The fourth-order valence-electron chi connectivity index (χ4n) is 3.75. The van der Waals surface area contributed by atoms with E-state index in [4.69, 9.17) is 23.2 Å². The molecule has 0 atom stereocenters. The smallest absolute Gasteiger partial charge is 0.243 e. The first-order valence-electron chi connectivity index (χ1n) is 9.80. The second kappa shape index (κ2) is 9.64. The molecule has 1 heterocycles. The minimum atomic E-state index is -3.71. The lowest BCUT2D eigenvalue weighted by Gasteiger charge is -2.34. The molecule has 2 amide bonds. The Morgan fingerprint density at radius 1 is 1.00 bits per heavy atom. The van der Waals surface area contributed by atoms with Crippen LogP contribution < -0.4 is 5.32 Å². The third-order valence-corrected chi connectivity index (χ3v) is 8.14. The summed E-state index contributed by atoms with van der Waals surface area (Å²) in [6.45, 7) is 0.877. The molecule has 0 unspecified atom stereocenters. The highest BCUT2D eigenvalue weighted by molar-refractivity contribution is 7.89. The number of rotatable bonds is 5. The number of amides is 2. The molecule has 1 aliphatic heterocycles. The lowest BCUT2D eigenvalue weighted by Crippen LogP contribution is -2.52. The molecule has 2 fully saturated rings. The van der Waals surface area contributed by atoms with Crippen molar-refractivity contribution in [2.24, 2.45) is 5.92 Å². The molecular formula is C19H25Cl2N3O4S. The van der Waals surface area contributed by atoms with Gasteiger partial charge in [-0.1, -0.05) is 42.5 Å². The molecule has 1 aromatic carbocycles. The van der Waals surface area contributed by atoms with E-state index in [2.05, 4.69) is 5.32 Å². The summed E-state index contributed by atoms with van der Waals surface area (Å²) in [5, 5.41) is 3.20. The highest BCUT2D eigenvalue weighted by atomic mass is 35.5. The van der Waals surface area contributed by atoms with Gasteiger partial charge >= 0.3 is 0 Å². The quantitative estimate of drug-likeness (QED) is 0.729. The molecule has 0 bridgehead atoms. The van der Waals surface area contributed by atoms with E-state index in [1.165, 1.54) is 22.5 Å². The van der Waals surface area contributed by atoms with Crippen LogP contribution in [0.5, 0.6) is 0 Å². The minimum Gasteiger partial charge on any atom is -0.347 e. The number of piperazine rings is 1. The number of nitrogens with zero attached hydrogens (tertiary/aromatic N) is 2. The molecule has 10 heteroatoms. The van der Waals surface area contributed by atoms with Crippen LogP contribution in [0.1, 0.15) is 32.1 Å². The summed E-state index contributed by atoms with van der Waals surface area (Å²) in [5.41, 5.74) is 0. The van der Waals surface area contributed by atoms with Gasteiger partial charge in [-0.05, 0) is 31.0 Å². The van der Waals surface area contributed by atoms with E-state index in [-0.39, 0.29) is 65.4 Å². The van der Waals surface area contributed by atoms with Gasteiger partial charge in [0.25, 0.3) is 0 Å². The fraction of sp³-hybridized carbons (Fsp3) is 0.579. The first-order valence-corrected chi connectivity index (χ1v) is 12.0. The van der Waals surface area contributed by atoms with Crippen LogP contribution in [0.3, 0.4) is 0 Å². The summed E-state index contributed by atoms with van der Waals surface area (Å²) in [6.07, 6.45) is 5.04. The molecule has 0 spiro atoms. The number of benzene rings is 1. The highest BCUT2D eigenvalue weighted by Crippen LogP contribution is 2.27. The molecule has 3 rings (SSSR count). The summed E-state index contributed by atoms with van der Waals surface area (Å²) in [7, 11) is -3.71. The second-order valence-corrected chi connectivity index (χ2v) is 10.2. The molecule has 1 aromatic rings. The zero-order valence-electron chi connectivity index (χ0n) is 16.1. The maximum Gasteiger partial charge on any atom is 0.243 e. The van der Waals surface area contributed by atoms with Crippen LogP contribution in [0.15, 0.2) is 23.1 Å². The lowest BCUT2D eigenvalue weighted by molar-refractivity contribution is -0.135. The van der Waals surface area contributed by atoms with Crippen molar-refractivity contribution in [3.8, 4) is 0 Å². The predicted octanol–water partition coefficient (Wildman–Crippen LogP) is 2.52. The summed E-state index contributed by atoms with van der Waals surface area (Å²) in [4.78, 5) is 26.3. The molecule has 1 N–H and O–H groups in total. The number of hydrogen-bond donors (Lipinski definition) is 1. The SMILES string of the molecule is O=C(NCC(=O)N1CCN(S(=O)(=O)c2ccc(Cl)c(Cl)c2)CC1)C1CCCCC1. The predicted molar refractivity (Wildman–Crippen MR) is 111 cm³/mol. The second-order valence-electron chi connectivity index (χ2n) is 7.41. The molecule has 7 nitrogen and oxygen atoms in total. The number of nitrogens with one attached hydrogen (secondary N) is 1. The van der Waals surface area contributed by atoms with E-state index in [1.807, 2.05) is 0 Å². The normalized spacial score (nSPS) is 19.2. The number of hydrogen-bond acceptors (Lipinski definition) is 4. The summed E-state index contributed by atoms with van der Waals surface area (Å²) < 4.78 is 26.9. The fourth-order valence-corrected chi connectivity index (χ4v) is 5.56. The molecule has 1 saturated heterocycles. The topological polar surface area (TPSA) is 86.8 Å². The van der Waals surface area contributed by atoms with Crippen LogP contribution in [-0.2, 0) is 19.6 Å². The Morgan fingerprint density at radius 3 is 2.28 bits per heavy atom. The van der Waals surface area contributed by atoms with E-state index < -0.39 is 10.0 Å². The van der Waals surface area contributed by atoms with Crippen LogP contribution >= 0.6 is 23.2 Å². The Bertz CT molecular complexity index is 864. The van der Waals surface area contributed by atoms with Crippen molar-refractivity contribution in [2.75, 3.05) is 32.7 Å². The van der Waals surface area contributed by atoms with Crippen LogP contribution in [-0.4, -0.2) is 62.2 Å². The molecule has 29 heavy (non-hydrogen) atoms. The third kappa shape index (κ3) is 5.42. The van der Waals surface area contributed by atoms with Gasteiger partial charge in [0, 0.05) is 32.1 Å². The zero-order chi connectivity index (χ0) is 21.0. The minimum absolute atomic E-state index is 0.00439. The average molecular weight is 462 g/mol. The molecule has 1 aliphatic carbocycles. The van der Waals surface area contributed by atoms with Crippen molar-refractivity contribution in [1.29, 1.82) is 0 Å². The van der Waals surface area contributed by atoms with Crippen LogP contribution in [0.4, 0.5) is 0 Å². The monoisotopic (exact) mass is 461 g/mol. The Balaban J connectivity index is 1.50. The first-order chi connectivity index (χ1) is 13.8. The van der Waals surface area contributed by atoms with Gasteiger partial charge in [0.2, 0.25) is 21.8 Å². The van der Waals surface area contributed by atoms with E-state index in [0.717, 1.165) is 32.1 Å². The number of sulfonamides is 1. The van der Waals surface area contributed by atoms with E-state index in [9.17, 15) is 18.0 Å². The number of carbonyl (C=O) groups excluding carboxylic acids is 2. The lowest BCUT2D eigenvalue weighted by atomic mass is 9.89. The van der Waals surface area contributed by atoms with Crippen molar-refractivity contribution in [2.45, 2.75) is 37.0 Å². The van der Waals surface area contributed by atoms with Crippen molar-refractivity contribution >= 4 is 45.0 Å². The van der Waals surface area contributed by atoms with Gasteiger partial charge in [-0.15, -0.1) is 0 Å². The molecule has 2 aliphatic rings. The standard InChI is InChI=1S/C19H25Cl2N3O4S/c20-16-7-6-15(12-17(16)21)29(27,28)24-10-8-23(9-11-24)18(25)13-22-19(26)14-4-2-1-3-5-14/h6-7,12,14H,1-5,8-11,13H2,(H,22,26). The van der Waals surface area contributed by atoms with Gasteiger partial charge in [0.05, 0.1) is 21.5 Å². The number of carbonyl (C=O) groups is 2. The first kappa shape index (κ1) is 22.3. The van der Waals surface area contributed by atoms with E-state index in [0.29, 0.717) is 0 Å². The Labute approximate surface area is 181 Å². The maximum absolute atomic E-state index is 12.8. The molecule has 0 radical (unpaired) electrons. The molecular weight excluding hydrogens is 437 g/mol. The van der Waals surface area contributed by atoms with Gasteiger partial charge in [-0.2, -0.15) is 4.31 Å². The van der Waals surface area contributed by atoms with E-state index >= 15 is 0 Å². The van der Waals surface area contributed by atoms with Crippen molar-refractivity contribution in [3.05, 3.63) is 28.2 Å². The van der Waals surface area contributed by atoms with E-state index in [1.54, 1.807) is 4.90 Å². The highest BCUT2D eigenvalue weighted by Gasteiger charge is 2.31. The summed E-state index contributed by atoms with van der Waals surface area (Å²) in [5.74, 6) is -0.246. The summed E-state index contributed by atoms with van der Waals surface area (Å²) >= 11 is 11.8. The molecule has 0 aromatic heterocycles. The van der Waals surface area contributed by atoms with Crippen molar-refractivity contribution < 1.29 is 18.0 Å². The van der Waals surface area contributed by atoms with Crippen molar-refractivity contribution in [3.63, 3.8) is 0 Å². The Hall–Kier alpha value is -1.35. The van der Waals surface area contributed by atoms with Gasteiger partial charge in [0.1, 0.15) is 0 Å². The maximum atomic E-state index is 12.8. The summed E-state index contributed by atoms with van der Waals surface area (Å²) in [6, 6.07) is 4.20. The van der Waals surface area contributed by atoms with Gasteiger partial charge in [-0.25, -0.2) is 8.42 Å².